The molecule has 120 valence electrons. The molecule has 0 heterocycles. The maximum atomic E-state index is 11.9. The molecule has 0 saturated carbocycles. The van der Waals surface area contributed by atoms with Crippen molar-refractivity contribution in [3.63, 3.8) is 0 Å². The van der Waals surface area contributed by atoms with Crippen LogP contribution in [0.15, 0.2) is 48.5 Å². The quantitative estimate of drug-likeness (QED) is 0.757. The standard InChI is InChI=1S/C17H17ClN2O3/c18-14-6-4-12(5-7-14)15(21)9-16(22)20-10-11-2-1-3-13(8-11)17(19)23/h1-8,15,21H,9-10H2,(H2,19,23)(H,20,22). The summed E-state index contributed by atoms with van der Waals surface area (Å²) in [6.45, 7) is 0.257. The van der Waals surface area contributed by atoms with Gasteiger partial charge < -0.3 is 16.2 Å². The molecule has 0 fully saturated rings. The second-order valence-electron chi connectivity index (χ2n) is 5.11. The fraction of sp³-hybridized carbons (Fsp3) is 0.176. The molecule has 6 heteroatoms. The van der Waals surface area contributed by atoms with Crippen LogP contribution in [0.5, 0.6) is 0 Å². The minimum atomic E-state index is -0.899. The number of hydrogen-bond acceptors (Lipinski definition) is 3. The van der Waals surface area contributed by atoms with Crippen molar-refractivity contribution in [2.75, 3.05) is 0 Å². The van der Waals surface area contributed by atoms with Gasteiger partial charge in [-0.1, -0.05) is 35.9 Å². The van der Waals surface area contributed by atoms with Crippen molar-refractivity contribution >= 4 is 23.4 Å². The lowest BCUT2D eigenvalue weighted by Crippen LogP contribution is -2.24. The van der Waals surface area contributed by atoms with Crippen LogP contribution in [0.3, 0.4) is 0 Å². The van der Waals surface area contributed by atoms with Crippen molar-refractivity contribution in [1.82, 2.24) is 5.32 Å². The Morgan fingerprint density at radius 3 is 2.52 bits per heavy atom. The average Bonchev–Trinajstić information content (AvgIpc) is 2.53. The zero-order valence-corrected chi connectivity index (χ0v) is 13.1. The Kier molecular flexibility index (Phi) is 5.73. The second-order valence-corrected chi connectivity index (χ2v) is 5.55. The molecule has 0 saturated heterocycles. The molecule has 1 atom stereocenters. The van der Waals surface area contributed by atoms with Crippen molar-refractivity contribution < 1.29 is 14.7 Å². The molecule has 0 aliphatic rings. The van der Waals surface area contributed by atoms with E-state index >= 15 is 0 Å². The number of amides is 2. The number of nitrogens with one attached hydrogen (secondary N) is 1. The van der Waals surface area contributed by atoms with Gasteiger partial charge in [0.25, 0.3) is 0 Å². The largest absolute Gasteiger partial charge is 0.388 e. The van der Waals surface area contributed by atoms with Crippen LogP contribution in [-0.2, 0) is 11.3 Å². The lowest BCUT2D eigenvalue weighted by molar-refractivity contribution is -0.123. The third-order valence-electron chi connectivity index (χ3n) is 3.33. The molecular weight excluding hydrogens is 316 g/mol. The topological polar surface area (TPSA) is 92.4 Å². The Labute approximate surface area is 139 Å². The average molecular weight is 333 g/mol. The monoisotopic (exact) mass is 332 g/mol. The molecule has 1 unspecified atom stereocenters. The van der Waals surface area contributed by atoms with Crippen molar-refractivity contribution in [3.8, 4) is 0 Å². The van der Waals surface area contributed by atoms with Gasteiger partial charge in [0.1, 0.15) is 0 Å². The third kappa shape index (κ3) is 5.09. The normalized spacial score (nSPS) is 11.7. The van der Waals surface area contributed by atoms with Crippen LogP contribution < -0.4 is 11.1 Å². The van der Waals surface area contributed by atoms with Gasteiger partial charge >= 0.3 is 0 Å². The number of halogens is 1. The predicted octanol–water partition coefficient (Wildman–Crippen LogP) is 2.18. The first-order valence-electron chi connectivity index (χ1n) is 7.04. The van der Waals surface area contributed by atoms with E-state index in [1.54, 1.807) is 48.5 Å². The lowest BCUT2D eigenvalue weighted by atomic mass is 10.1. The first-order valence-corrected chi connectivity index (χ1v) is 7.42. The van der Waals surface area contributed by atoms with Gasteiger partial charge in [-0.25, -0.2) is 0 Å². The minimum Gasteiger partial charge on any atom is -0.388 e. The molecule has 2 rings (SSSR count). The molecule has 0 radical (unpaired) electrons. The van der Waals surface area contributed by atoms with Crippen LogP contribution >= 0.6 is 11.6 Å². The van der Waals surface area contributed by atoms with E-state index in [2.05, 4.69) is 5.32 Å². The second kappa shape index (κ2) is 7.76. The number of benzene rings is 2. The molecule has 23 heavy (non-hydrogen) atoms. The van der Waals surface area contributed by atoms with Crippen LogP contribution in [-0.4, -0.2) is 16.9 Å². The molecule has 2 aromatic rings. The summed E-state index contributed by atoms with van der Waals surface area (Å²) in [5.41, 5.74) is 6.98. The first-order chi connectivity index (χ1) is 11.0. The van der Waals surface area contributed by atoms with E-state index in [-0.39, 0.29) is 18.9 Å². The van der Waals surface area contributed by atoms with Crippen LogP contribution in [0.1, 0.15) is 34.0 Å². The van der Waals surface area contributed by atoms with Crippen LogP contribution in [0.2, 0.25) is 5.02 Å². The zero-order chi connectivity index (χ0) is 16.8. The van der Waals surface area contributed by atoms with Gasteiger partial charge in [-0.2, -0.15) is 0 Å². The molecular formula is C17H17ClN2O3. The first kappa shape index (κ1) is 17.0. The van der Waals surface area contributed by atoms with E-state index in [1.807, 2.05) is 0 Å². The minimum absolute atomic E-state index is 0.0584. The van der Waals surface area contributed by atoms with E-state index < -0.39 is 12.0 Å². The molecule has 0 bridgehead atoms. The summed E-state index contributed by atoms with van der Waals surface area (Å²) in [5.74, 6) is -0.812. The van der Waals surface area contributed by atoms with Crippen molar-refractivity contribution in [3.05, 3.63) is 70.2 Å². The van der Waals surface area contributed by atoms with E-state index in [0.717, 1.165) is 5.56 Å². The maximum absolute atomic E-state index is 11.9. The Morgan fingerprint density at radius 1 is 1.17 bits per heavy atom. The summed E-state index contributed by atoms with van der Waals surface area (Å²) in [5, 5.41) is 13.3. The predicted molar refractivity (Wildman–Crippen MR) is 87.8 cm³/mol. The Morgan fingerprint density at radius 2 is 1.87 bits per heavy atom. The third-order valence-corrected chi connectivity index (χ3v) is 3.59. The fourth-order valence-electron chi connectivity index (χ4n) is 2.09. The number of nitrogens with two attached hydrogens (primary N) is 1. The highest BCUT2D eigenvalue weighted by molar-refractivity contribution is 6.30. The highest BCUT2D eigenvalue weighted by atomic mass is 35.5. The van der Waals surface area contributed by atoms with E-state index in [1.165, 1.54) is 0 Å². The van der Waals surface area contributed by atoms with Crippen LogP contribution in [0.25, 0.3) is 0 Å². The highest BCUT2D eigenvalue weighted by Gasteiger charge is 2.13. The highest BCUT2D eigenvalue weighted by Crippen LogP contribution is 2.19. The Balaban J connectivity index is 1.88. The number of carbonyl (C=O) groups is 2. The maximum Gasteiger partial charge on any atom is 0.248 e. The van der Waals surface area contributed by atoms with Gasteiger partial charge in [0, 0.05) is 17.1 Å². The van der Waals surface area contributed by atoms with E-state index in [4.69, 9.17) is 17.3 Å². The molecule has 0 aliphatic carbocycles. The van der Waals surface area contributed by atoms with Gasteiger partial charge in [-0.15, -0.1) is 0 Å². The van der Waals surface area contributed by atoms with Crippen LogP contribution in [0.4, 0.5) is 0 Å². The summed E-state index contributed by atoms with van der Waals surface area (Å²) in [6, 6.07) is 13.4. The van der Waals surface area contributed by atoms with Crippen molar-refractivity contribution in [2.45, 2.75) is 19.1 Å². The van der Waals surface area contributed by atoms with Gasteiger partial charge in [0.05, 0.1) is 12.5 Å². The summed E-state index contributed by atoms with van der Waals surface area (Å²) < 4.78 is 0. The Hall–Kier alpha value is -2.37. The molecule has 4 N–H and O–H groups in total. The number of hydrogen-bond donors (Lipinski definition) is 3. The number of rotatable bonds is 6. The van der Waals surface area contributed by atoms with Crippen molar-refractivity contribution in [2.24, 2.45) is 5.73 Å². The van der Waals surface area contributed by atoms with Gasteiger partial charge in [-0.05, 0) is 35.4 Å². The summed E-state index contributed by atoms with van der Waals surface area (Å²) in [6.07, 6.45) is -0.957. The summed E-state index contributed by atoms with van der Waals surface area (Å²) >= 11 is 5.78. The number of aliphatic hydroxyl groups excluding tert-OH is 1. The molecule has 0 spiro atoms. The summed E-state index contributed by atoms with van der Waals surface area (Å²) in [7, 11) is 0. The fourth-order valence-corrected chi connectivity index (χ4v) is 2.21. The van der Waals surface area contributed by atoms with Gasteiger partial charge in [-0.3, -0.25) is 9.59 Å². The van der Waals surface area contributed by atoms with Gasteiger partial charge in [0.15, 0.2) is 0 Å². The molecule has 5 nitrogen and oxygen atoms in total. The summed E-state index contributed by atoms with van der Waals surface area (Å²) in [4.78, 5) is 23.0. The molecule has 0 aliphatic heterocycles. The number of carbonyl (C=O) groups excluding carboxylic acids is 2. The number of aliphatic hydroxyl groups is 1. The smallest absolute Gasteiger partial charge is 0.248 e. The molecule has 2 amide bonds. The van der Waals surface area contributed by atoms with Crippen molar-refractivity contribution in [1.29, 1.82) is 0 Å². The zero-order valence-electron chi connectivity index (χ0n) is 12.3. The SMILES string of the molecule is NC(=O)c1cccc(CNC(=O)CC(O)c2ccc(Cl)cc2)c1. The van der Waals surface area contributed by atoms with Crippen LogP contribution in [0, 0.1) is 0 Å². The van der Waals surface area contributed by atoms with Gasteiger partial charge in [0.2, 0.25) is 11.8 Å². The molecule has 2 aromatic carbocycles. The van der Waals surface area contributed by atoms with E-state index in [0.29, 0.717) is 16.1 Å². The molecule has 0 aromatic heterocycles. The van der Waals surface area contributed by atoms with E-state index in [9.17, 15) is 14.7 Å². The number of primary amides is 1. The Bertz CT molecular complexity index is 701. The lowest BCUT2D eigenvalue weighted by Gasteiger charge is -2.11.